The van der Waals surface area contributed by atoms with E-state index in [2.05, 4.69) is 10.0 Å². The van der Waals surface area contributed by atoms with Crippen LogP contribution in [0.2, 0.25) is 0 Å². The van der Waals surface area contributed by atoms with Crippen molar-refractivity contribution in [3.05, 3.63) is 16.5 Å². The molecule has 0 amide bonds. The van der Waals surface area contributed by atoms with Crippen molar-refractivity contribution in [3.8, 4) is 0 Å². The molecule has 1 aromatic rings. The van der Waals surface area contributed by atoms with Gasteiger partial charge in [-0.25, -0.2) is 13.1 Å². The van der Waals surface area contributed by atoms with Crippen LogP contribution in [-0.2, 0) is 10.0 Å². The number of sulfonamides is 1. The summed E-state index contributed by atoms with van der Waals surface area (Å²) in [6.45, 7) is 5.13. The zero-order valence-corrected chi connectivity index (χ0v) is 12.7. The molecule has 0 radical (unpaired) electrons. The third-order valence-corrected chi connectivity index (χ3v) is 5.39. The molecule has 1 aromatic heterocycles. The summed E-state index contributed by atoms with van der Waals surface area (Å²) in [4.78, 5) is 1.05. The van der Waals surface area contributed by atoms with Gasteiger partial charge in [-0.15, -0.1) is 23.7 Å². The minimum Gasteiger partial charge on any atom is -0.320 e. The normalized spacial score (nSPS) is 11.2. The van der Waals surface area contributed by atoms with Gasteiger partial charge < -0.3 is 5.32 Å². The van der Waals surface area contributed by atoms with Crippen LogP contribution in [0.5, 0.6) is 0 Å². The zero-order valence-electron chi connectivity index (χ0n) is 10.2. The summed E-state index contributed by atoms with van der Waals surface area (Å²) in [5.41, 5.74) is 1.03. The van der Waals surface area contributed by atoms with Crippen molar-refractivity contribution in [1.29, 1.82) is 0 Å². The van der Waals surface area contributed by atoms with Gasteiger partial charge in [-0.2, -0.15) is 0 Å². The molecular formula is C10H19ClN2O2S2. The Hall–Kier alpha value is -0.140. The van der Waals surface area contributed by atoms with Gasteiger partial charge in [0.2, 0.25) is 10.0 Å². The highest BCUT2D eigenvalue weighted by Gasteiger charge is 2.16. The number of aryl methyl sites for hydroxylation is 2. The standard InChI is InChI=1S/C10H18N2O2S2.ClH/c1-8-7-10(15-9(8)2)16(13,14)12-6-4-5-11-3;/h7,11-12H,4-6H2,1-3H3;1H. The van der Waals surface area contributed by atoms with Gasteiger partial charge in [0.15, 0.2) is 0 Å². The summed E-state index contributed by atoms with van der Waals surface area (Å²) in [6.07, 6.45) is 0.791. The van der Waals surface area contributed by atoms with Gasteiger partial charge in [-0.05, 0) is 45.5 Å². The predicted molar refractivity (Wildman–Crippen MR) is 74.8 cm³/mol. The first-order chi connectivity index (χ1) is 7.47. The molecule has 0 saturated heterocycles. The van der Waals surface area contributed by atoms with Crippen LogP contribution in [-0.4, -0.2) is 28.6 Å². The molecule has 0 bridgehead atoms. The SMILES string of the molecule is CNCCCNS(=O)(=O)c1cc(C)c(C)s1.Cl. The highest BCUT2D eigenvalue weighted by molar-refractivity contribution is 7.91. The summed E-state index contributed by atoms with van der Waals surface area (Å²) >= 11 is 1.32. The average molecular weight is 299 g/mol. The molecular weight excluding hydrogens is 280 g/mol. The van der Waals surface area contributed by atoms with Crippen molar-refractivity contribution in [3.63, 3.8) is 0 Å². The fourth-order valence-corrected chi connectivity index (χ4v) is 3.85. The molecule has 0 aliphatic heterocycles. The molecule has 0 saturated carbocycles. The van der Waals surface area contributed by atoms with Gasteiger partial charge in [-0.3, -0.25) is 0 Å². The van der Waals surface area contributed by atoms with Crippen LogP contribution in [0.3, 0.4) is 0 Å². The Morgan fingerprint density at radius 2 is 1.94 bits per heavy atom. The minimum atomic E-state index is -3.30. The van der Waals surface area contributed by atoms with E-state index in [1.165, 1.54) is 11.3 Å². The van der Waals surface area contributed by atoms with Crippen LogP contribution < -0.4 is 10.0 Å². The number of halogens is 1. The predicted octanol–water partition coefficient (Wildman–Crippen LogP) is 1.67. The molecule has 2 N–H and O–H groups in total. The van der Waals surface area contributed by atoms with Crippen molar-refractivity contribution < 1.29 is 8.42 Å². The van der Waals surface area contributed by atoms with Gasteiger partial charge in [0, 0.05) is 11.4 Å². The number of hydrogen-bond acceptors (Lipinski definition) is 4. The molecule has 100 valence electrons. The number of rotatable bonds is 6. The van der Waals surface area contributed by atoms with E-state index in [0.29, 0.717) is 10.8 Å². The summed E-state index contributed by atoms with van der Waals surface area (Å²) in [7, 11) is -1.45. The minimum absolute atomic E-state index is 0. The van der Waals surface area contributed by atoms with Crippen molar-refractivity contribution in [2.24, 2.45) is 0 Å². The second-order valence-electron chi connectivity index (χ2n) is 3.66. The molecule has 17 heavy (non-hydrogen) atoms. The fourth-order valence-electron chi connectivity index (χ4n) is 1.21. The maximum absolute atomic E-state index is 11.8. The molecule has 0 aliphatic rings. The van der Waals surface area contributed by atoms with Gasteiger partial charge in [-0.1, -0.05) is 0 Å². The lowest BCUT2D eigenvalue weighted by Gasteiger charge is -2.03. The monoisotopic (exact) mass is 298 g/mol. The maximum atomic E-state index is 11.8. The van der Waals surface area contributed by atoms with Gasteiger partial charge in [0.25, 0.3) is 0 Å². The van der Waals surface area contributed by atoms with E-state index in [1.54, 1.807) is 6.07 Å². The van der Waals surface area contributed by atoms with Gasteiger partial charge in [0.05, 0.1) is 0 Å². The van der Waals surface area contributed by atoms with E-state index < -0.39 is 10.0 Å². The Morgan fingerprint density at radius 1 is 1.29 bits per heavy atom. The van der Waals surface area contributed by atoms with Gasteiger partial charge >= 0.3 is 0 Å². The Morgan fingerprint density at radius 3 is 2.41 bits per heavy atom. The molecule has 4 nitrogen and oxygen atoms in total. The van der Waals surface area contributed by atoms with E-state index in [9.17, 15) is 8.42 Å². The fraction of sp³-hybridized carbons (Fsp3) is 0.600. The van der Waals surface area contributed by atoms with Crippen molar-refractivity contribution >= 4 is 33.8 Å². The lowest BCUT2D eigenvalue weighted by Crippen LogP contribution is -2.26. The molecule has 0 unspecified atom stereocenters. The lowest BCUT2D eigenvalue weighted by molar-refractivity contribution is 0.579. The Labute approximate surface area is 113 Å². The molecule has 0 atom stereocenters. The molecule has 0 fully saturated rings. The lowest BCUT2D eigenvalue weighted by atomic mass is 10.3. The van der Waals surface area contributed by atoms with Crippen LogP contribution in [0.25, 0.3) is 0 Å². The average Bonchev–Trinajstić information content (AvgIpc) is 2.55. The van der Waals surface area contributed by atoms with E-state index in [-0.39, 0.29) is 12.4 Å². The van der Waals surface area contributed by atoms with E-state index >= 15 is 0 Å². The van der Waals surface area contributed by atoms with Crippen LogP contribution in [0.1, 0.15) is 16.9 Å². The topological polar surface area (TPSA) is 58.2 Å². The van der Waals surface area contributed by atoms with Crippen molar-refractivity contribution in [2.45, 2.75) is 24.5 Å². The van der Waals surface area contributed by atoms with Crippen LogP contribution in [0, 0.1) is 13.8 Å². The third kappa shape index (κ3) is 4.93. The third-order valence-electron chi connectivity index (χ3n) is 2.30. The van der Waals surface area contributed by atoms with Crippen LogP contribution in [0.4, 0.5) is 0 Å². The summed E-state index contributed by atoms with van der Waals surface area (Å²) in [5.74, 6) is 0. The highest BCUT2D eigenvalue weighted by atomic mass is 35.5. The maximum Gasteiger partial charge on any atom is 0.250 e. The Bertz CT molecular complexity index is 424. The zero-order chi connectivity index (χ0) is 12.2. The summed E-state index contributed by atoms with van der Waals surface area (Å²) in [5, 5.41) is 2.97. The van der Waals surface area contributed by atoms with E-state index in [1.807, 2.05) is 20.9 Å². The Balaban J connectivity index is 0.00000256. The number of hydrogen-bond donors (Lipinski definition) is 2. The van der Waals surface area contributed by atoms with Crippen LogP contribution >= 0.6 is 23.7 Å². The molecule has 0 aromatic carbocycles. The largest absolute Gasteiger partial charge is 0.320 e. The summed E-state index contributed by atoms with van der Waals surface area (Å²) < 4.78 is 26.7. The van der Waals surface area contributed by atoms with Crippen molar-refractivity contribution in [2.75, 3.05) is 20.1 Å². The highest BCUT2D eigenvalue weighted by Crippen LogP contribution is 2.24. The second kappa shape index (κ2) is 7.33. The molecule has 7 heteroatoms. The first-order valence-electron chi connectivity index (χ1n) is 5.18. The van der Waals surface area contributed by atoms with Crippen molar-refractivity contribution in [1.82, 2.24) is 10.0 Å². The van der Waals surface area contributed by atoms with Gasteiger partial charge in [0.1, 0.15) is 4.21 Å². The first kappa shape index (κ1) is 16.9. The first-order valence-corrected chi connectivity index (χ1v) is 7.48. The Kier molecular flexibility index (Phi) is 7.27. The van der Waals surface area contributed by atoms with Crippen LogP contribution in [0.15, 0.2) is 10.3 Å². The van der Waals surface area contributed by atoms with E-state index in [4.69, 9.17) is 0 Å². The molecule has 0 spiro atoms. The number of nitrogens with one attached hydrogen (secondary N) is 2. The smallest absolute Gasteiger partial charge is 0.250 e. The molecule has 0 aliphatic carbocycles. The van der Waals surface area contributed by atoms with E-state index in [0.717, 1.165) is 23.4 Å². The second-order valence-corrected chi connectivity index (χ2v) is 6.91. The molecule has 1 heterocycles. The summed E-state index contributed by atoms with van der Waals surface area (Å²) in [6, 6.07) is 1.72. The molecule has 1 rings (SSSR count). The quantitative estimate of drug-likeness (QED) is 0.786. The number of thiophene rings is 1.